The molecule has 0 atom stereocenters. The van der Waals surface area contributed by atoms with E-state index in [2.05, 4.69) is 25.0 Å². The van der Waals surface area contributed by atoms with Gasteiger partial charge in [-0.2, -0.15) is 5.10 Å². The molecule has 0 aliphatic rings. The van der Waals surface area contributed by atoms with Gasteiger partial charge < -0.3 is 5.32 Å². The van der Waals surface area contributed by atoms with Crippen LogP contribution >= 0.6 is 22.9 Å². The molecule has 0 saturated heterocycles. The maximum Gasteiger partial charge on any atom is 0.277 e. The van der Waals surface area contributed by atoms with E-state index in [1.54, 1.807) is 33.8 Å². The molecule has 3 aromatic rings. The van der Waals surface area contributed by atoms with Crippen LogP contribution in [0, 0.1) is 6.92 Å². The number of hydrogen-bond donors (Lipinski definition) is 1. The van der Waals surface area contributed by atoms with Crippen LogP contribution in [-0.2, 0) is 13.0 Å². The summed E-state index contributed by atoms with van der Waals surface area (Å²) in [6, 6.07) is 0. The van der Waals surface area contributed by atoms with Gasteiger partial charge in [0.2, 0.25) is 0 Å². The molecule has 0 fully saturated rings. The van der Waals surface area contributed by atoms with Gasteiger partial charge in [-0.05, 0) is 18.5 Å². The zero-order chi connectivity index (χ0) is 14.7. The highest BCUT2D eigenvalue weighted by atomic mass is 32.1. The smallest absolute Gasteiger partial charge is 0.277 e. The lowest BCUT2D eigenvalue weighted by Crippen LogP contribution is -2.11. The molecule has 7 nitrogen and oxygen atoms in total. The van der Waals surface area contributed by atoms with Gasteiger partial charge in [-0.1, -0.05) is 4.49 Å². The van der Waals surface area contributed by atoms with E-state index in [-0.39, 0.29) is 5.91 Å². The number of hydrogen-bond acceptors (Lipinski definition) is 7. The van der Waals surface area contributed by atoms with Crippen LogP contribution < -0.4 is 5.32 Å². The summed E-state index contributed by atoms with van der Waals surface area (Å²) in [6.45, 7) is 2.75. The van der Waals surface area contributed by atoms with Crippen LogP contribution in [0.1, 0.15) is 21.1 Å². The quantitative estimate of drug-likeness (QED) is 0.777. The van der Waals surface area contributed by atoms with E-state index >= 15 is 0 Å². The second-order valence-electron chi connectivity index (χ2n) is 4.35. The van der Waals surface area contributed by atoms with Crippen LogP contribution in [0.25, 0.3) is 0 Å². The number of aromatic nitrogens is 5. The highest BCUT2D eigenvalue weighted by Gasteiger charge is 2.10. The number of thiazole rings is 1. The van der Waals surface area contributed by atoms with Gasteiger partial charge in [0, 0.05) is 29.4 Å². The molecule has 21 heavy (non-hydrogen) atoms. The molecule has 0 saturated carbocycles. The molecule has 1 N–H and O–H groups in total. The first-order valence-corrected chi connectivity index (χ1v) is 7.94. The Morgan fingerprint density at radius 3 is 3.10 bits per heavy atom. The minimum Gasteiger partial charge on any atom is -0.318 e. The first-order valence-electron chi connectivity index (χ1n) is 6.22. The molecule has 9 heteroatoms. The molecule has 0 unspecified atom stereocenters. The van der Waals surface area contributed by atoms with Crippen molar-refractivity contribution >= 4 is 34.5 Å². The third-order valence-electron chi connectivity index (χ3n) is 2.90. The van der Waals surface area contributed by atoms with Crippen molar-refractivity contribution in [1.29, 1.82) is 0 Å². The van der Waals surface area contributed by atoms with Crippen LogP contribution in [0.4, 0.5) is 5.69 Å². The molecule has 3 aromatic heterocycles. The molecule has 0 aliphatic heterocycles. The number of nitrogens with zero attached hydrogens (tertiary/aromatic N) is 5. The summed E-state index contributed by atoms with van der Waals surface area (Å²) < 4.78 is 5.46. The molecule has 1 amide bonds. The third-order valence-corrected chi connectivity index (χ3v) is 4.40. The molecular formula is C12H12N6OS2. The fourth-order valence-corrected chi connectivity index (χ4v) is 3.00. The van der Waals surface area contributed by atoms with Gasteiger partial charge in [0.25, 0.3) is 5.91 Å². The van der Waals surface area contributed by atoms with E-state index in [0.29, 0.717) is 11.4 Å². The van der Waals surface area contributed by atoms with Crippen molar-refractivity contribution in [3.05, 3.63) is 39.5 Å². The molecule has 108 valence electrons. The minimum atomic E-state index is -0.276. The average molecular weight is 320 g/mol. The van der Waals surface area contributed by atoms with E-state index in [1.807, 2.05) is 12.4 Å². The zero-order valence-electron chi connectivity index (χ0n) is 11.2. The zero-order valence-corrected chi connectivity index (χ0v) is 12.8. The molecule has 0 aliphatic carbocycles. The van der Waals surface area contributed by atoms with E-state index in [9.17, 15) is 4.79 Å². The Balaban J connectivity index is 1.59. The number of nitrogens with one attached hydrogen (secondary N) is 1. The Morgan fingerprint density at radius 2 is 2.38 bits per heavy atom. The van der Waals surface area contributed by atoms with Crippen molar-refractivity contribution < 1.29 is 4.79 Å². The number of carbonyl (C=O) groups is 1. The van der Waals surface area contributed by atoms with Crippen LogP contribution in [-0.4, -0.2) is 30.3 Å². The summed E-state index contributed by atoms with van der Waals surface area (Å²) in [4.78, 5) is 17.3. The fourth-order valence-electron chi connectivity index (χ4n) is 1.79. The summed E-state index contributed by atoms with van der Waals surface area (Å²) in [6.07, 6.45) is 4.30. The highest BCUT2D eigenvalue weighted by Crippen LogP contribution is 2.14. The van der Waals surface area contributed by atoms with Crippen molar-refractivity contribution in [2.45, 2.75) is 19.9 Å². The van der Waals surface area contributed by atoms with Crippen LogP contribution in [0.15, 0.2) is 23.3 Å². The summed E-state index contributed by atoms with van der Waals surface area (Å²) >= 11 is 2.79. The Hall–Kier alpha value is -2.13. The van der Waals surface area contributed by atoms with Gasteiger partial charge in [0.05, 0.1) is 23.1 Å². The lowest BCUT2D eigenvalue weighted by molar-refractivity contribution is 0.102. The van der Waals surface area contributed by atoms with E-state index < -0.39 is 0 Å². The maximum atomic E-state index is 11.8. The maximum absolute atomic E-state index is 11.8. The number of aryl methyl sites for hydroxylation is 3. The second-order valence-corrected chi connectivity index (χ2v) is 5.90. The number of rotatable bonds is 5. The highest BCUT2D eigenvalue weighted by molar-refractivity contribution is 7.09. The summed E-state index contributed by atoms with van der Waals surface area (Å²) in [7, 11) is 0. The molecule has 0 aromatic carbocycles. The number of anilines is 1. The Labute approximate surface area is 128 Å². The second kappa shape index (κ2) is 6.10. The topological polar surface area (TPSA) is 85.6 Å². The SMILES string of the molecule is Cc1ncsc1CCn1cc(NC(=O)c2csnn2)cn1. The summed E-state index contributed by atoms with van der Waals surface area (Å²) in [5.41, 5.74) is 3.88. The molecular weight excluding hydrogens is 308 g/mol. The van der Waals surface area contributed by atoms with Crippen molar-refractivity contribution in [1.82, 2.24) is 24.4 Å². The van der Waals surface area contributed by atoms with Crippen molar-refractivity contribution in [2.24, 2.45) is 0 Å². The fraction of sp³-hybridized carbons (Fsp3) is 0.250. The third kappa shape index (κ3) is 3.31. The van der Waals surface area contributed by atoms with Crippen molar-refractivity contribution in [3.63, 3.8) is 0 Å². The monoisotopic (exact) mass is 320 g/mol. The van der Waals surface area contributed by atoms with Gasteiger partial charge in [-0.25, -0.2) is 4.98 Å². The Kier molecular flexibility index (Phi) is 4.02. The molecule has 3 rings (SSSR count). The predicted molar refractivity (Wildman–Crippen MR) is 80.6 cm³/mol. The summed E-state index contributed by atoms with van der Waals surface area (Å²) in [5.74, 6) is -0.276. The summed E-state index contributed by atoms with van der Waals surface area (Å²) in [5, 5.41) is 12.3. The van der Waals surface area contributed by atoms with Gasteiger partial charge in [-0.15, -0.1) is 16.4 Å². The van der Waals surface area contributed by atoms with Gasteiger partial charge in [0.15, 0.2) is 5.69 Å². The molecule has 0 bridgehead atoms. The molecule has 0 radical (unpaired) electrons. The normalized spacial score (nSPS) is 10.7. The largest absolute Gasteiger partial charge is 0.318 e. The first kappa shape index (κ1) is 13.8. The van der Waals surface area contributed by atoms with E-state index in [1.165, 1.54) is 4.88 Å². The molecule has 3 heterocycles. The lowest BCUT2D eigenvalue weighted by Gasteiger charge is -2.00. The number of amides is 1. The van der Waals surface area contributed by atoms with Crippen molar-refractivity contribution in [3.8, 4) is 0 Å². The predicted octanol–water partition coefficient (Wildman–Crippen LogP) is 1.99. The number of carbonyl (C=O) groups excluding carboxylic acids is 1. The lowest BCUT2D eigenvalue weighted by atomic mass is 10.3. The Morgan fingerprint density at radius 1 is 1.48 bits per heavy atom. The minimum absolute atomic E-state index is 0.276. The standard InChI is InChI=1S/C12H12N6OS2/c1-8-11(20-7-13-8)2-3-18-5-9(4-14-18)15-12(19)10-6-21-17-16-10/h4-7H,2-3H2,1H3,(H,15,19). The first-order chi connectivity index (χ1) is 10.2. The Bertz CT molecular complexity index is 733. The van der Waals surface area contributed by atoms with Gasteiger partial charge >= 0.3 is 0 Å². The van der Waals surface area contributed by atoms with Crippen LogP contribution in [0.3, 0.4) is 0 Å². The van der Waals surface area contributed by atoms with Crippen LogP contribution in [0.2, 0.25) is 0 Å². The van der Waals surface area contributed by atoms with Gasteiger partial charge in [-0.3, -0.25) is 9.48 Å². The van der Waals surface area contributed by atoms with E-state index in [0.717, 1.165) is 30.2 Å². The van der Waals surface area contributed by atoms with E-state index in [4.69, 9.17) is 0 Å². The van der Waals surface area contributed by atoms with Gasteiger partial charge in [0.1, 0.15) is 0 Å². The van der Waals surface area contributed by atoms with Crippen molar-refractivity contribution in [2.75, 3.05) is 5.32 Å². The average Bonchev–Trinajstić information content (AvgIpc) is 3.18. The molecule has 0 spiro atoms. The van der Waals surface area contributed by atoms with Crippen LogP contribution in [0.5, 0.6) is 0 Å².